The maximum atomic E-state index is 14.0. The minimum atomic E-state index is -0.572. The molecule has 0 amide bonds. The number of aliphatic imine (C=N–C) groups is 1. The number of halogens is 2. The molecule has 29 heavy (non-hydrogen) atoms. The third kappa shape index (κ3) is 5.63. The van der Waals surface area contributed by atoms with Crippen molar-refractivity contribution < 1.29 is 8.78 Å². The van der Waals surface area contributed by atoms with E-state index >= 15 is 0 Å². The molecule has 3 rings (SSSR count). The minimum absolute atomic E-state index is 0.138. The molecule has 2 aromatic carbocycles. The van der Waals surface area contributed by atoms with Crippen LogP contribution in [0.1, 0.15) is 29.5 Å². The number of aromatic nitrogens is 2. The van der Waals surface area contributed by atoms with E-state index in [0.717, 1.165) is 11.6 Å². The summed E-state index contributed by atoms with van der Waals surface area (Å²) in [6.07, 6.45) is 3.69. The van der Waals surface area contributed by atoms with Crippen molar-refractivity contribution in [2.75, 3.05) is 13.6 Å². The van der Waals surface area contributed by atoms with Gasteiger partial charge in [-0.3, -0.25) is 9.67 Å². The van der Waals surface area contributed by atoms with Crippen LogP contribution in [0, 0.1) is 11.6 Å². The van der Waals surface area contributed by atoms with Gasteiger partial charge in [0.05, 0.1) is 6.54 Å². The highest BCUT2D eigenvalue weighted by molar-refractivity contribution is 5.79. The van der Waals surface area contributed by atoms with Gasteiger partial charge >= 0.3 is 0 Å². The molecule has 3 aromatic rings. The van der Waals surface area contributed by atoms with Gasteiger partial charge in [-0.25, -0.2) is 8.78 Å². The molecule has 5 nitrogen and oxygen atoms in total. The second-order valence-corrected chi connectivity index (χ2v) is 6.85. The van der Waals surface area contributed by atoms with E-state index in [1.165, 1.54) is 17.7 Å². The largest absolute Gasteiger partial charge is 0.356 e. The topological polar surface area (TPSA) is 54.2 Å². The summed E-state index contributed by atoms with van der Waals surface area (Å²) in [5.74, 6) is -0.623. The summed E-state index contributed by atoms with van der Waals surface area (Å²) in [5.41, 5.74) is 2.78. The lowest BCUT2D eigenvalue weighted by Gasteiger charge is -2.18. The van der Waals surface area contributed by atoms with Gasteiger partial charge in [-0.15, -0.1) is 0 Å². The molecule has 0 fully saturated rings. The molecule has 1 unspecified atom stereocenters. The smallest absolute Gasteiger partial charge is 0.191 e. The van der Waals surface area contributed by atoms with Crippen LogP contribution in [0.15, 0.2) is 65.9 Å². The molecule has 0 aliphatic carbocycles. The second kappa shape index (κ2) is 9.82. The van der Waals surface area contributed by atoms with E-state index in [1.54, 1.807) is 13.2 Å². The summed E-state index contributed by atoms with van der Waals surface area (Å²) in [6, 6.07) is 13.7. The monoisotopic (exact) mass is 397 g/mol. The van der Waals surface area contributed by atoms with Crippen LogP contribution in [-0.2, 0) is 13.1 Å². The Morgan fingerprint density at radius 2 is 1.90 bits per heavy atom. The number of benzene rings is 2. The van der Waals surface area contributed by atoms with Gasteiger partial charge in [-0.05, 0) is 28.8 Å². The molecule has 1 aromatic heterocycles. The third-order valence-electron chi connectivity index (χ3n) is 4.75. The van der Waals surface area contributed by atoms with Gasteiger partial charge in [0.1, 0.15) is 11.6 Å². The number of hydrogen-bond donors (Lipinski definition) is 2. The van der Waals surface area contributed by atoms with Gasteiger partial charge < -0.3 is 10.6 Å². The normalized spacial score (nSPS) is 12.6. The van der Waals surface area contributed by atoms with Gasteiger partial charge in [-0.1, -0.05) is 37.3 Å². The van der Waals surface area contributed by atoms with Crippen LogP contribution in [0.4, 0.5) is 8.78 Å². The van der Waals surface area contributed by atoms with Crippen molar-refractivity contribution in [1.29, 1.82) is 0 Å². The average Bonchev–Trinajstić information content (AvgIpc) is 3.22. The average molecular weight is 397 g/mol. The fraction of sp³-hybridized carbons (Fsp3) is 0.273. The standard InChI is InChI=1S/C22H25F2N5/c1-16(20-9-8-19(23)12-21(20)24)13-26-22(25-2)27-14-17-6-3-4-7-18(17)15-29-11-5-10-28-29/h3-12,16H,13-15H2,1-2H3,(H2,25,26,27). The zero-order valence-corrected chi connectivity index (χ0v) is 16.6. The number of nitrogens with one attached hydrogen (secondary N) is 2. The summed E-state index contributed by atoms with van der Waals surface area (Å²) in [5, 5.41) is 10.8. The molecule has 1 heterocycles. The molecule has 0 saturated carbocycles. The van der Waals surface area contributed by atoms with Crippen molar-refractivity contribution in [2.24, 2.45) is 4.99 Å². The van der Waals surface area contributed by atoms with Crippen LogP contribution in [0.25, 0.3) is 0 Å². The van der Waals surface area contributed by atoms with E-state index in [1.807, 2.05) is 36.0 Å². The predicted octanol–water partition coefficient (Wildman–Crippen LogP) is 3.68. The van der Waals surface area contributed by atoms with Gasteiger partial charge in [0.15, 0.2) is 5.96 Å². The number of hydrogen-bond acceptors (Lipinski definition) is 2. The van der Waals surface area contributed by atoms with Crippen molar-refractivity contribution in [2.45, 2.75) is 25.9 Å². The zero-order valence-electron chi connectivity index (χ0n) is 16.6. The highest BCUT2D eigenvalue weighted by atomic mass is 19.1. The Morgan fingerprint density at radius 1 is 1.10 bits per heavy atom. The Labute approximate surface area is 169 Å². The molecule has 152 valence electrons. The molecule has 7 heteroatoms. The van der Waals surface area contributed by atoms with E-state index in [9.17, 15) is 8.78 Å². The molecule has 0 aliphatic heterocycles. The van der Waals surface area contributed by atoms with Gasteiger partial charge in [0, 0.05) is 44.5 Å². The Morgan fingerprint density at radius 3 is 2.59 bits per heavy atom. The quantitative estimate of drug-likeness (QED) is 0.472. The number of nitrogens with zero attached hydrogens (tertiary/aromatic N) is 3. The third-order valence-corrected chi connectivity index (χ3v) is 4.75. The van der Waals surface area contributed by atoms with E-state index in [0.29, 0.717) is 31.2 Å². The fourth-order valence-corrected chi connectivity index (χ4v) is 3.11. The first kappa shape index (κ1) is 20.5. The van der Waals surface area contributed by atoms with Crippen LogP contribution in [0.5, 0.6) is 0 Å². The van der Waals surface area contributed by atoms with E-state index < -0.39 is 11.6 Å². The highest BCUT2D eigenvalue weighted by Crippen LogP contribution is 2.19. The Balaban J connectivity index is 1.57. The summed E-state index contributed by atoms with van der Waals surface area (Å²) < 4.78 is 28.9. The van der Waals surface area contributed by atoms with Gasteiger partial charge in [0.2, 0.25) is 0 Å². The van der Waals surface area contributed by atoms with Crippen molar-refractivity contribution in [3.63, 3.8) is 0 Å². The number of rotatable bonds is 7. The van der Waals surface area contributed by atoms with Crippen LogP contribution in [-0.4, -0.2) is 29.3 Å². The lowest BCUT2D eigenvalue weighted by molar-refractivity contribution is 0.556. The molecule has 0 saturated heterocycles. The summed E-state index contributed by atoms with van der Waals surface area (Å²) in [7, 11) is 1.69. The molecule has 0 bridgehead atoms. The molecule has 0 radical (unpaired) electrons. The first-order chi connectivity index (χ1) is 14.1. The van der Waals surface area contributed by atoms with Crippen LogP contribution in [0.2, 0.25) is 0 Å². The summed E-state index contributed by atoms with van der Waals surface area (Å²) >= 11 is 0. The van der Waals surface area contributed by atoms with Crippen molar-refractivity contribution in [3.8, 4) is 0 Å². The second-order valence-electron chi connectivity index (χ2n) is 6.85. The molecular weight excluding hydrogens is 372 g/mol. The van der Waals surface area contributed by atoms with Crippen molar-refractivity contribution in [3.05, 3.63) is 89.2 Å². The zero-order chi connectivity index (χ0) is 20.6. The van der Waals surface area contributed by atoms with Crippen LogP contribution in [0.3, 0.4) is 0 Å². The molecular formula is C22H25F2N5. The van der Waals surface area contributed by atoms with Crippen LogP contribution >= 0.6 is 0 Å². The molecule has 0 spiro atoms. The van der Waals surface area contributed by atoms with Crippen molar-refractivity contribution in [1.82, 2.24) is 20.4 Å². The van der Waals surface area contributed by atoms with E-state index in [4.69, 9.17) is 0 Å². The maximum Gasteiger partial charge on any atom is 0.191 e. The summed E-state index contributed by atoms with van der Waals surface area (Å²) in [6.45, 7) is 3.64. The minimum Gasteiger partial charge on any atom is -0.356 e. The maximum absolute atomic E-state index is 14.0. The SMILES string of the molecule is CN=C(NCc1ccccc1Cn1cccn1)NCC(C)c1ccc(F)cc1F. The fourth-order valence-electron chi connectivity index (χ4n) is 3.11. The van der Waals surface area contributed by atoms with Gasteiger partial charge in [-0.2, -0.15) is 5.10 Å². The lowest BCUT2D eigenvalue weighted by Crippen LogP contribution is -2.38. The first-order valence-electron chi connectivity index (χ1n) is 9.50. The number of guanidine groups is 1. The summed E-state index contributed by atoms with van der Waals surface area (Å²) in [4.78, 5) is 4.23. The first-order valence-corrected chi connectivity index (χ1v) is 9.50. The lowest BCUT2D eigenvalue weighted by atomic mass is 10.0. The Bertz CT molecular complexity index is 954. The van der Waals surface area contributed by atoms with Crippen LogP contribution < -0.4 is 10.6 Å². The molecule has 0 aliphatic rings. The predicted molar refractivity (Wildman–Crippen MR) is 111 cm³/mol. The molecule has 1 atom stereocenters. The Kier molecular flexibility index (Phi) is 6.94. The van der Waals surface area contributed by atoms with E-state index in [2.05, 4.69) is 32.9 Å². The molecule has 2 N–H and O–H groups in total. The van der Waals surface area contributed by atoms with E-state index in [-0.39, 0.29) is 5.92 Å². The highest BCUT2D eigenvalue weighted by Gasteiger charge is 2.12. The van der Waals surface area contributed by atoms with Gasteiger partial charge in [0.25, 0.3) is 0 Å². The Hall–Kier alpha value is -3.22. The van der Waals surface area contributed by atoms with Crippen molar-refractivity contribution >= 4 is 5.96 Å².